The number of anilines is 1. The zero-order valence-corrected chi connectivity index (χ0v) is 21.5. The second-order valence-electron chi connectivity index (χ2n) is 6.54. The summed E-state index contributed by atoms with van der Waals surface area (Å²) in [5, 5.41) is 9.79. The van der Waals surface area contributed by atoms with Crippen molar-refractivity contribution < 1.29 is 9.53 Å². The van der Waals surface area contributed by atoms with Gasteiger partial charge >= 0.3 is 0 Å². The number of ether oxygens (including phenoxy) is 1. The Kier molecular flexibility index (Phi) is 12.2. The van der Waals surface area contributed by atoms with Crippen LogP contribution in [-0.2, 0) is 16.1 Å². The first-order valence-electron chi connectivity index (χ1n) is 9.37. The highest BCUT2D eigenvalue weighted by molar-refractivity contribution is 14.0. The minimum Gasteiger partial charge on any atom is -0.375 e. The third-order valence-electron chi connectivity index (χ3n) is 4.24. The van der Waals surface area contributed by atoms with Gasteiger partial charge in [-0.3, -0.25) is 9.79 Å². The van der Waals surface area contributed by atoms with Gasteiger partial charge in [0.25, 0.3) is 0 Å². The van der Waals surface area contributed by atoms with E-state index in [0.29, 0.717) is 31.0 Å². The van der Waals surface area contributed by atoms with Crippen LogP contribution in [0.4, 0.5) is 5.69 Å². The number of thiazole rings is 1. The minimum atomic E-state index is -0.0280. The van der Waals surface area contributed by atoms with Crippen LogP contribution in [0.1, 0.15) is 36.6 Å². The van der Waals surface area contributed by atoms with Gasteiger partial charge in [0.2, 0.25) is 5.91 Å². The summed E-state index contributed by atoms with van der Waals surface area (Å²) in [5.41, 5.74) is 1.72. The molecule has 0 saturated heterocycles. The predicted octanol–water partition coefficient (Wildman–Crippen LogP) is 4.55. The fourth-order valence-corrected chi connectivity index (χ4v) is 3.56. The van der Waals surface area contributed by atoms with E-state index in [1.807, 2.05) is 24.3 Å². The number of amides is 1. The molecule has 0 aliphatic carbocycles. The average molecular weight is 566 g/mol. The van der Waals surface area contributed by atoms with E-state index in [9.17, 15) is 4.79 Å². The molecule has 1 heterocycles. The molecule has 1 unspecified atom stereocenters. The lowest BCUT2D eigenvalue weighted by atomic mass is 10.2. The lowest BCUT2D eigenvalue weighted by molar-refractivity contribution is -0.116. The Balaban J connectivity index is 0.00000450. The quantitative estimate of drug-likeness (QED) is 0.202. The molecule has 0 spiro atoms. The first-order chi connectivity index (χ1) is 13.9. The first-order valence-corrected chi connectivity index (χ1v) is 10.6. The van der Waals surface area contributed by atoms with Crippen LogP contribution in [0, 0.1) is 0 Å². The normalized spacial score (nSPS) is 12.1. The fourth-order valence-electron chi connectivity index (χ4n) is 2.59. The Morgan fingerprint density at radius 3 is 2.70 bits per heavy atom. The number of halogens is 2. The largest absolute Gasteiger partial charge is 0.375 e. The van der Waals surface area contributed by atoms with Crippen LogP contribution < -0.4 is 10.6 Å². The second kappa shape index (κ2) is 13.8. The van der Waals surface area contributed by atoms with Gasteiger partial charge in [0.05, 0.1) is 12.2 Å². The van der Waals surface area contributed by atoms with Crippen molar-refractivity contribution in [2.45, 2.75) is 32.4 Å². The number of hydrogen-bond acceptors (Lipinski definition) is 5. The van der Waals surface area contributed by atoms with Crippen LogP contribution in [-0.4, -0.2) is 49.5 Å². The number of aromatic nitrogens is 1. The average Bonchev–Trinajstić information content (AvgIpc) is 3.17. The number of nitrogens with zero attached hydrogens (tertiary/aromatic N) is 3. The maximum atomic E-state index is 12.0. The molecule has 1 aromatic heterocycles. The van der Waals surface area contributed by atoms with Gasteiger partial charge in [-0.05, 0) is 37.6 Å². The molecule has 1 atom stereocenters. The van der Waals surface area contributed by atoms with E-state index in [2.05, 4.69) is 20.6 Å². The van der Waals surface area contributed by atoms with Gasteiger partial charge in [-0.2, -0.15) is 0 Å². The molecule has 0 fully saturated rings. The molecule has 10 heteroatoms. The molecule has 0 saturated carbocycles. The van der Waals surface area contributed by atoms with Crippen molar-refractivity contribution in [1.29, 1.82) is 0 Å². The molecule has 0 aliphatic heterocycles. The monoisotopic (exact) mass is 565 g/mol. The number of methoxy groups -OCH3 is 1. The zero-order valence-electron chi connectivity index (χ0n) is 17.6. The second-order valence-corrected chi connectivity index (χ2v) is 7.87. The summed E-state index contributed by atoms with van der Waals surface area (Å²) in [6.07, 6.45) is 1.11. The van der Waals surface area contributed by atoms with Gasteiger partial charge in [0.1, 0.15) is 11.1 Å². The molecule has 0 aliphatic rings. The lowest BCUT2D eigenvalue weighted by Gasteiger charge is -2.21. The Bertz CT molecular complexity index is 816. The van der Waals surface area contributed by atoms with Gasteiger partial charge in [0.15, 0.2) is 5.96 Å². The Morgan fingerprint density at radius 1 is 1.37 bits per heavy atom. The minimum absolute atomic E-state index is 0. The molecule has 30 heavy (non-hydrogen) atoms. The van der Waals surface area contributed by atoms with Crippen molar-refractivity contribution in [3.63, 3.8) is 0 Å². The summed E-state index contributed by atoms with van der Waals surface area (Å²) in [7, 11) is 5.38. The van der Waals surface area contributed by atoms with Gasteiger partial charge in [-0.25, -0.2) is 4.98 Å². The Morgan fingerprint density at radius 2 is 2.07 bits per heavy atom. The summed E-state index contributed by atoms with van der Waals surface area (Å²) in [4.78, 5) is 23.0. The van der Waals surface area contributed by atoms with E-state index in [1.54, 1.807) is 49.8 Å². The van der Waals surface area contributed by atoms with Crippen molar-refractivity contribution >= 4 is 64.5 Å². The van der Waals surface area contributed by atoms with Crippen LogP contribution in [0.2, 0.25) is 5.02 Å². The third kappa shape index (κ3) is 8.75. The van der Waals surface area contributed by atoms with Crippen LogP contribution in [0.3, 0.4) is 0 Å². The van der Waals surface area contributed by atoms with Crippen LogP contribution in [0.15, 0.2) is 34.6 Å². The topological polar surface area (TPSA) is 78.9 Å². The predicted molar refractivity (Wildman–Crippen MR) is 135 cm³/mol. The molecular weight excluding hydrogens is 537 g/mol. The van der Waals surface area contributed by atoms with Gasteiger partial charge in [-0.1, -0.05) is 11.6 Å². The van der Waals surface area contributed by atoms with Crippen molar-refractivity contribution in [3.8, 4) is 0 Å². The van der Waals surface area contributed by atoms with E-state index in [0.717, 1.165) is 22.3 Å². The number of hydrogen-bond donors (Lipinski definition) is 2. The molecule has 7 nitrogen and oxygen atoms in total. The summed E-state index contributed by atoms with van der Waals surface area (Å²) >= 11 is 7.44. The van der Waals surface area contributed by atoms with Crippen LogP contribution in [0.25, 0.3) is 0 Å². The molecule has 0 bridgehead atoms. The molecule has 2 rings (SSSR count). The summed E-state index contributed by atoms with van der Waals surface area (Å²) in [6.45, 7) is 3.27. The maximum Gasteiger partial charge on any atom is 0.224 e. The molecule has 2 N–H and O–H groups in total. The number of rotatable bonds is 9. The summed E-state index contributed by atoms with van der Waals surface area (Å²) < 4.78 is 5.31. The van der Waals surface area contributed by atoms with Gasteiger partial charge in [-0.15, -0.1) is 35.3 Å². The molecule has 166 valence electrons. The van der Waals surface area contributed by atoms with Gasteiger partial charge < -0.3 is 20.3 Å². The summed E-state index contributed by atoms with van der Waals surface area (Å²) in [5.74, 6) is 0.733. The number of benzene rings is 1. The molecular formula is C20H29ClIN5O2S. The Hall–Kier alpha value is -1.43. The van der Waals surface area contributed by atoms with E-state index in [4.69, 9.17) is 16.3 Å². The zero-order chi connectivity index (χ0) is 21.2. The number of aliphatic imine (C=N–C) groups is 1. The lowest BCUT2D eigenvalue weighted by Crippen LogP contribution is -2.39. The molecule has 1 amide bonds. The van der Waals surface area contributed by atoms with Crippen molar-refractivity contribution in [2.75, 3.05) is 33.1 Å². The van der Waals surface area contributed by atoms with Crippen molar-refractivity contribution in [1.82, 2.24) is 15.2 Å². The maximum absolute atomic E-state index is 12.0. The van der Waals surface area contributed by atoms with E-state index in [1.165, 1.54) is 0 Å². The number of nitrogens with one attached hydrogen (secondary N) is 2. The standard InChI is InChI=1S/C20H28ClN5O2S.HI/c1-14(28-4)19-25-17(13-29-19)12-26(3)20(22-2)23-11-5-6-18(27)24-16-9-7-15(21)8-10-16;/h7-10,13-14H,5-6,11-12H2,1-4H3,(H,22,23)(H,24,27);1H. The third-order valence-corrected chi connectivity index (χ3v) is 5.54. The number of carbonyl (C=O) groups excluding carboxylic acids is 1. The van der Waals surface area contributed by atoms with Crippen molar-refractivity contribution in [2.24, 2.45) is 4.99 Å². The number of carbonyl (C=O) groups is 1. The van der Waals surface area contributed by atoms with E-state index < -0.39 is 0 Å². The van der Waals surface area contributed by atoms with Crippen LogP contribution >= 0.6 is 46.9 Å². The first kappa shape index (κ1) is 26.6. The van der Waals surface area contributed by atoms with E-state index in [-0.39, 0.29) is 36.0 Å². The Labute approximate surface area is 204 Å². The number of guanidine groups is 1. The SMILES string of the molecule is CN=C(NCCCC(=O)Nc1ccc(Cl)cc1)N(C)Cc1csc(C(C)OC)n1.I. The van der Waals surface area contributed by atoms with Gasteiger partial charge in [0, 0.05) is 50.3 Å². The van der Waals surface area contributed by atoms with Crippen LogP contribution in [0.5, 0.6) is 0 Å². The fraction of sp³-hybridized carbons (Fsp3) is 0.450. The molecule has 2 aromatic rings. The van der Waals surface area contributed by atoms with E-state index >= 15 is 0 Å². The highest BCUT2D eigenvalue weighted by atomic mass is 127. The molecule has 0 radical (unpaired) electrons. The summed E-state index contributed by atoms with van der Waals surface area (Å²) in [6, 6.07) is 7.07. The van der Waals surface area contributed by atoms with Crippen molar-refractivity contribution in [3.05, 3.63) is 45.4 Å². The highest BCUT2D eigenvalue weighted by Gasteiger charge is 2.12. The molecule has 1 aromatic carbocycles. The highest BCUT2D eigenvalue weighted by Crippen LogP contribution is 2.21. The smallest absolute Gasteiger partial charge is 0.224 e.